The van der Waals surface area contributed by atoms with Gasteiger partial charge in [0.25, 0.3) is 0 Å². The molecular formula is C11H20N2O3S. The first-order chi connectivity index (χ1) is 8.02. The second-order valence-corrected chi connectivity index (χ2v) is 5.55. The van der Waals surface area contributed by atoms with E-state index in [0.29, 0.717) is 5.25 Å². The SMILES string of the molecule is CSC1CCC(NC(=O)N(C)CC(=O)O)CC1. The molecule has 2 N–H and O–H groups in total. The van der Waals surface area contributed by atoms with E-state index < -0.39 is 5.97 Å². The Morgan fingerprint density at radius 3 is 2.41 bits per heavy atom. The Bertz CT molecular complexity index is 278. The maximum atomic E-state index is 11.6. The monoisotopic (exact) mass is 260 g/mol. The van der Waals surface area contributed by atoms with Crippen LogP contribution in [0.1, 0.15) is 25.7 Å². The minimum absolute atomic E-state index is 0.196. The van der Waals surface area contributed by atoms with E-state index in [1.54, 1.807) is 0 Å². The highest BCUT2D eigenvalue weighted by Gasteiger charge is 2.23. The zero-order valence-corrected chi connectivity index (χ0v) is 11.1. The van der Waals surface area contributed by atoms with Crippen LogP contribution >= 0.6 is 11.8 Å². The number of urea groups is 1. The summed E-state index contributed by atoms with van der Waals surface area (Å²) in [6.45, 7) is -0.258. The van der Waals surface area contributed by atoms with Crippen LogP contribution in [0.4, 0.5) is 4.79 Å². The van der Waals surface area contributed by atoms with E-state index >= 15 is 0 Å². The lowest BCUT2D eigenvalue weighted by Crippen LogP contribution is -2.46. The summed E-state index contributed by atoms with van der Waals surface area (Å²) in [6.07, 6.45) is 6.32. The van der Waals surface area contributed by atoms with Crippen molar-refractivity contribution in [2.24, 2.45) is 0 Å². The number of nitrogens with zero attached hydrogens (tertiary/aromatic N) is 1. The number of hydrogen-bond donors (Lipinski definition) is 2. The standard InChI is InChI=1S/C11H20N2O3S/c1-13(7-10(14)15)11(16)12-8-3-5-9(17-2)6-4-8/h8-9H,3-7H2,1-2H3,(H,12,16)(H,14,15). The minimum atomic E-state index is -0.992. The largest absolute Gasteiger partial charge is 0.480 e. The molecule has 0 atom stereocenters. The molecule has 2 amide bonds. The molecule has 1 aliphatic carbocycles. The van der Waals surface area contributed by atoms with E-state index in [2.05, 4.69) is 11.6 Å². The highest BCUT2D eigenvalue weighted by molar-refractivity contribution is 7.99. The summed E-state index contributed by atoms with van der Waals surface area (Å²) >= 11 is 1.88. The predicted octanol–water partition coefficient (Wildman–Crippen LogP) is 1.39. The molecule has 98 valence electrons. The summed E-state index contributed by atoms with van der Waals surface area (Å²) in [5.74, 6) is -0.992. The second-order valence-electron chi connectivity index (χ2n) is 4.41. The molecular weight excluding hydrogens is 240 g/mol. The Hall–Kier alpha value is -0.910. The quantitative estimate of drug-likeness (QED) is 0.801. The summed E-state index contributed by atoms with van der Waals surface area (Å²) < 4.78 is 0. The van der Waals surface area contributed by atoms with Gasteiger partial charge in [-0.3, -0.25) is 4.79 Å². The molecule has 0 saturated heterocycles. The fourth-order valence-electron chi connectivity index (χ4n) is 2.00. The van der Waals surface area contributed by atoms with Gasteiger partial charge in [-0.25, -0.2) is 4.79 Å². The van der Waals surface area contributed by atoms with Crippen LogP contribution in [-0.2, 0) is 4.79 Å². The number of nitrogens with one attached hydrogen (secondary N) is 1. The number of amides is 2. The lowest BCUT2D eigenvalue weighted by atomic mass is 9.95. The zero-order chi connectivity index (χ0) is 12.8. The van der Waals surface area contributed by atoms with Gasteiger partial charge in [-0.15, -0.1) is 0 Å². The number of carbonyl (C=O) groups is 2. The van der Waals surface area contributed by atoms with Gasteiger partial charge in [0.05, 0.1) is 0 Å². The van der Waals surface area contributed by atoms with Crippen LogP contribution < -0.4 is 5.32 Å². The molecule has 0 aliphatic heterocycles. The summed E-state index contributed by atoms with van der Waals surface area (Å²) in [4.78, 5) is 23.3. The Morgan fingerprint density at radius 2 is 1.94 bits per heavy atom. The average molecular weight is 260 g/mol. The molecule has 6 heteroatoms. The third kappa shape index (κ3) is 4.85. The lowest BCUT2D eigenvalue weighted by molar-refractivity contribution is -0.137. The molecule has 0 bridgehead atoms. The van der Waals surface area contributed by atoms with E-state index in [0.717, 1.165) is 25.7 Å². The highest BCUT2D eigenvalue weighted by atomic mass is 32.2. The molecule has 0 spiro atoms. The first-order valence-electron chi connectivity index (χ1n) is 5.79. The molecule has 1 fully saturated rings. The van der Waals surface area contributed by atoms with Gasteiger partial charge in [0.15, 0.2) is 0 Å². The molecule has 0 heterocycles. The van der Waals surface area contributed by atoms with Crippen molar-refractivity contribution in [3.05, 3.63) is 0 Å². The maximum Gasteiger partial charge on any atom is 0.323 e. The molecule has 17 heavy (non-hydrogen) atoms. The van der Waals surface area contributed by atoms with Crippen LogP contribution in [0.3, 0.4) is 0 Å². The van der Waals surface area contributed by atoms with Crippen LogP contribution in [0.5, 0.6) is 0 Å². The fourth-order valence-corrected chi connectivity index (χ4v) is 2.75. The zero-order valence-electron chi connectivity index (χ0n) is 10.3. The maximum absolute atomic E-state index is 11.6. The first-order valence-corrected chi connectivity index (χ1v) is 7.08. The van der Waals surface area contributed by atoms with Crippen molar-refractivity contribution < 1.29 is 14.7 Å². The van der Waals surface area contributed by atoms with Gasteiger partial charge >= 0.3 is 12.0 Å². The van der Waals surface area contributed by atoms with Crippen LogP contribution in [0, 0.1) is 0 Å². The number of thioether (sulfide) groups is 1. The molecule has 0 aromatic rings. The van der Waals surface area contributed by atoms with Gasteiger partial charge in [0, 0.05) is 18.3 Å². The van der Waals surface area contributed by atoms with Crippen LogP contribution in [0.25, 0.3) is 0 Å². The Kier molecular flexibility index (Phi) is 5.61. The van der Waals surface area contributed by atoms with E-state index in [1.807, 2.05) is 11.8 Å². The highest BCUT2D eigenvalue weighted by Crippen LogP contribution is 2.26. The number of carboxylic acids is 1. The number of aliphatic carboxylic acids is 1. The molecule has 1 rings (SSSR count). The summed E-state index contributed by atoms with van der Waals surface area (Å²) in [6, 6.07) is -0.0952. The Balaban J connectivity index is 2.30. The molecule has 0 unspecified atom stereocenters. The van der Waals surface area contributed by atoms with Crippen LogP contribution in [0.2, 0.25) is 0 Å². The Morgan fingerprint density at radius 1 is 1.35 bits per heavy atom. The number of hydrogen-bond acceptors (Lipinski definition) is 3. The molecule has 0 aromatic carbocycles. The van der Waals surface area contributed by atoms with Crippen molar-refractivity contribution in [1.29, 1.82) is 0 Å². The van der Waals surface area contributed by atoms with Crippen molar-refractivity contribution in [2.75, 3.05) is 19.8 Å². The number of rotatable bonds is 4. The molecule has 1 aliphatic rings. The van der Waals surface area contributed by atoms with Crippen molar-refractivity contribution in [2.45, 2.75) is 37.0 Å². The molecule has 5 nitrogen and oxygen atoms in total. The van der Waals surface area contributed by atoms with E-state index in [-0.39, 0.29) is 18.6 Å². The third-order valence-corrected chi connectivity index (χ3v) is 4.19. The van der Waals surface area contributed by atoms with Crippen molar-refractivity contribution in [3.8, 4) is 0 Å². The van der Waals surface area contributed by atoms with E-state index in [9.17, 15) is 9.59 Å². The Labute approximate surface area is 106 Å². The van der Waals surface area contributed by atoms with E-state index in [4.69, 9.17) is 5.11 Å². The second kappa shape index (κ2) is 6.74. The molecule has 1 saturated carbocycles. The van der Waals surface area contributed by atoms with Gasteiger partial charge in [0.1, 0.15) is 6.54 Å². The summed E-state index contributed by atoms with van der Waals surface area (Å²) in [7, 11) is 1.50. The van der Waals surface area contributed by atoms with Crippen molar-refractivity contribution in [3.63, 3.8) is 0 Å². The number of carboxylic acid groups (broad SMARTS) is 1. The van der Waals surface area contributed by atoms with Gasteiger partial charge in [-0.1, -0.05) is 0 Å². The van der Waals surface area contributed by atoms with E-state index in [1.165, 1.54) is 11.9 Å². The predicted molar refractivity (Wildman–Crippen MR) is 68.4 cm³/mol. The van der Waals surface area contributed by atoms with Crippen LogP contribution in [0.15, 0.2) is 0 Å². The molecule has 0 radical (unpaired) electrons. The van der Waals surface area contributed by atoms with Gasteiger partial charge in [-0.05, 0) is 31.9 Å². The van der Waals surface area contributed by atoms with Gasteiger partial charge in [-0.2, -0.15) is 11.8 Å². The number of likely N-dealkylation sites (N-methyl/N-ethyl adjacent to an activating group) is 1. The fraction of sp³-hybridized carbons (Fsp3) is 0.818. The topological polar surface area (TPSA) is 69.6 Å². The summed E-state index contributed by atoms with van der Waals surface area (Å²) in [5, 5.41) is 12.2. The first kappa shape index (κ1) is 14.2. The third-order valence-electron chi connectivity index (χ3n) is 3.05. The van der Waals surface area contributed by atoms with Gasteiger partial charge in [0.2, 0.25) is 0 Å². The molecule has 0 aromatic heterocycles. The smallest absolute Gasteiger partial charge is 0.323 e. The van der Waals surface area contributed by atoms with Crippen LogP contribution in [-0.4, -0.2) is 53.1 Å². The van der Waals surface area contributed by atoms with Crippen molar-refractivity contribution in [1.82, 2.24) is 10.2 Å². The van der Waals surface area contributed by atoms with Gasteiger partial charge < -0.3 is 15.3 Å². The summed E-state index contributed by atoms with van der Waals surface area (Å²) in [5.41, 5.74) is 0. The number of carbonyl (C=O) groups excluding carboxylic acids is 1. The minimum Gasteiger partial charge on any atom is -0.480 e. The lowest BCUT2D eigenvalue weighted by Gasteiger charge is -2.29. The van der Waals surface area contributed by atoms with Crippen molar-refractivity contribution >= 4 is 23.8 Å². The normalized spacial score (nSPS) is 24.1. The average Bonchev–Trinajstić information content (AvgIpc) is 2.29.